The van der Waals surface area contributed by atoms with Crippen molar-refractivity contribution in [3.05, 3.63) is 41.0 Å². The van der Waals surface area contributed by atoms with Gasteiger partial charge in [0.1, 0.15) is 0 Å². The number of likely N-dealkylation sites (N-methyl/N-ethyl adjacent to an activating group) is 1. The van der Waals surface area contributed by atoms with Crippen LogP contribution in [0.3, 0.4) is 0 Å². The molecular weight excluding hydrogens is 400 g/mol. The van der Waals surface area contributed by atoms with E-state index < -0.39 is 11.8 Å². The van der Waals surface area contributed by atoms with E-state index in [9.17, 15) is 9.59 Å². The van der Waals surface area contributed by atoms with Gasteiger partial charge in [-0.2, -0.15) is 0 Å². The van der Waals surface area contributed by atoms with E-state index in [0.29, 0.717) is 13.1 Å². The molecule has 2 N–H and O–H groups in total. The molecule has 0 aromatic heterocycles. The predicted molar refractivity (Wildman–Crippen MR) is 129 cm³/mol. The van der Waals surface area contributed by atoms with Gasteiger partial charge in [-0.1, -0.05) is 30.2 Å². The molecule has 2 aliphatic heterocycles. The van der Waals surface area contributed by atoms with E-state index in [-0.39, 0.29) is 6.04 Å². The highest BCUT2D eigenvalue weighted by Crippen LogP contribution is 2.32. The minimum atomic E-state index is -0.523. The summed E-state index contributed by atoms with van der Waals surface area (Å²) in [6.07, 6.45) is 12.6. The van der Waals surface area contributed by atoms with Gasteiger partial charge in [0, 0.05) is 32.4 Å². The number of amides is 2. The van der Waals surface area contributed by atoms with Gasteiger partial charge >= 0.3 is 11.8 Å². The lowest BCUT2D eigenvalue weighted by Gasteiger charge is -2.35. The topological polar surface area (TPSA) is 64.7 Å². The second-order valence-electron chi connectivity index (χ2n) is 9.50. The van der Waals surface area contributed by atoms with Gasteiger partial charge in [-0.05, 0) is 81.6 Å². The molecule has 1 fully saturated rings. The zero-order valence-corrected chi connectivity index (χ0v) is 19.5. The SMILES string of the molecule is CN1CCc2cc([C@@H](CNC(=O)C(=O)NCCC3=CCCCC3)N3CCCCC3)ccc21. The Morgan fingerprint density at radius 1 is 0.969 bits per heavy atom. The first kappa shape index (κ1) is 22.8. The van der Waals surface area contributed by atoms with Crippen LogP contribution in [0, 0.1) is 0 Å². The van der Waals surface area contributed by atoms with Crippen molar-refractivity contribution in [1.82, 2.24) is 15.5 Å². The number of anilines is 1. The molecular formula is C26H38N4O2. The summed E-state index contributed by atoms with van der Waals surface area (Å²) in [6.45, 7) is 4.14. The zero-order valence-electron chi connectivity index (χ0n) is 19.5. The van der Waals surface area contributed by atoms with Crippen LogP contribution >= 0.6 is 0 Å². The van der Waals surface area contributed by atoms with Crippen LogP contribution in [-0.4, -0.2) is 56.5 Å². The molecule has 6 nitrogen and oxygen atoms in total. The summed E-state index contributed by atoms with van der Waals surface area (Å²) in [4.78, 5) is 29.6. The maximum atomic E-state index is 12.5. The van der Waals surface area contributed by atoms with E-state index in [4.69, 9.17) is 0 Å². The Morgan fingerprint density at radius 3 is 2.56 bits per heavy atom. The number of benzene rings is 1. The lowest BCUT2D eigenvalue weighted by atomic mass is 9.97. The van der Waals surface area contributed by atoms with E-state index in [1.54, 1.807) is 0 Å². The third-order valence-electron chi connectivity index (χ3n) is 7.23. The smallest absolute Gasteiger partial charge is 0.309 e. The Kier molecular flexibility index (Phi) is 7.85. The molecule has 4 rings (SSSR count). The van der Waals surface area contributed by atoms with Gasteiger partial charge in [-0.25, -0.2) is 0 Å². The normalized spacial score (nSPS) is 19.8. The number of fused-ring (bicyclic) bond motifs is 1. The van der Waals surface area contributed by atoms with Gasteiger partial charge in [0.15, 0.2) is 0 Å². The molecule has 1 atom stereocenters. The third kappa shape index (κ3) is 5.71. The predicted octanol–water partition coefficient (Wildman–Crippen LogP) is 3.33. The number of likely N-dealkylation sites (tertiary alicyclic amines) is 1. The Bertz CT molecular complexity index is 844. The highest BCUT2D eigenvalue weighted by atomic mass is 16.2. The highest BCUT2D eigenvalue weighted by Gasteiger charge is 2.26. The highest BCUT2D eigenvalue weighted by molar-refractivity contribution is 6.35. The van der Waals surface area contributed by atoms with Gasteiger partial charge in [0.25, 0.3) is 0 Å². The third-order valence-corrected chi connectivity index (χ3v) is 7.23. The molecule has 0 bridgehead atoms. The van der Waals surface area contributed by atoms with Crippen LogP contribution in [0.4, 0.5) is 5.69 Å². The van der Waals surface area contributed by atoms with Crippen molar-refractivity contribution in [3.8, 4) is 0 Å². The molecule has 32 heavy (non-hydrogen) atoms. The largest absolute Gasteiger partial charge is 0.374 e. The standard InChI is InChI=1S/C26H38N4O2/c1-29-17-13-22-18-21(10-11-23(22)29)24(30-15-6-3-7-16-30)19-28-26(32)25(31)27-14-12-20-8-4-2-5-9-20/h8,10-11,18,24H,2-7,9,12-17,19H2,1H3,(H,27,31)(H,28,32)/t24-/m1/s1. The number of piperidine rings is 1. The van der Waals surface area contributed by atoms with E-state index in [0.717, 1.165) is 45.3 Å². The number of allylic oxidation sites excluding steroid dienone is 1. The van der Waals surface area contributed by atoms with Crippen LogP contribution in [0.2, 0.25) is 0 Å². The van der Waals surface area contributed by atoms with Crippen molar-refractivity contribution < 1.29 is 9.59 Å². The fourth-order valence-electron chi connectivity index (χ4n) is 5.30. The second kappa shape index (κ2) is 11.0. The minimum Gasteiger partial charge on any atom is -0.374 e. The molecule has 1 saturated heterocycles. The van der Waals surface area contributed by atoms with Gasteiger partial charge in [-0.3, -0.25) is 14.5 Å². The average Bonchev–Trinajstić information content (AvgIpc) is 3.20. The number of hydrogen-bond acceptors (Lipinski definition) is 4. The Balaban J connectivity index is 1.34. The van der Waals surface area contributed by atoms with Crippen LogP contribution in [0.25, 0.3) is 0 Å². The summed E-state index contributed by atoms with van der Waals surface area (Å²) in [5, 5.41) is 5.73. The number of nitrogens with zero attached hydrogens (tertiary/aromatic N) is 2. The summed E-state index contributed by atoms with van der Waals surface area (Å²) in [5.74, 6) is -1.04. The second-order valence-corrected chi connectivity index (χ2v) is 9.50. The summed E-state index contributed by atoms with van der Waals surface area (Å²) in [7, 11) is 2.14. The van der Waals surface area contributed by atoms with Crippen molar-refractivity contribution in [2.45, 2.75) is 63.8 Å². The number of rotatable bonds is 7. The van der Waals surface area contributed by atoms with Crippen molar-refractivity contribution >= 4 is 17.5 Å². The van der Waals surface area contributed by atoms with Gasteiger partial charge in [-0.15, -0.1) is 0 Å². The van der Waals surface area contributed by atoms with E-state index in [1.165, 1.54) is 54.5 Å². The first-order chi connectivity index (χ1) is 15.6. The molecule has 0 saturated carbocycles. The van der Waals surface area contributed by atoms with Gasteiger partial charge in [0.05, 0.1) is 6.04 Å². The number of carbonyl (C=O) groups is 2. The van der Waals surface area contributed by atoms with Crippen molar-refractivity contribution in [1.29, 1.82) is 0 Å². The van der Waals surface area contributed by atoms with Crippen LogP contribution < -0.4 is 15.5 Å². The Hall–Kier alpha value is -2.34. The van der Waals surface area contributed by atoms with Crippen molar-refractivity contribution in [3.63, 3.8) is 0 Å². The number of hydrogen-bond donors (Lipinski definition) is 2. The molecule has 3 aliphatic rings. The maximum absolute atomic E-state index is 12.5. The summed E-state index contributed by atoms with van der Waals surface area (Å²) in [5.41, 5.74) is 5.34. The van der Waals surface area contributed by atoms with Crippen molar-refractivity contribution in [2.24, 2.45) is 0 Å². The van der Waals surface area contributed by atoms with Gasteiger partial charge < -0.3 is 15.5 Å². The van der Waals surface area contributed by atoms with Crippen LogP contribution in [0.15, 0.2) is 29.8 Å². The molecule has 0 radical (unpaired) electrons. The fourth-order valence-corrected chi connectivity index (χ4v) is 5.30. The monoisotopic (exact) mass is 438 g/mol. The maximum Gasteiger partial charge on any atom is 0.309 e. The summed E-state index contributed by atoms with van der Waals surface area (Å²) in [6, 6.07) is 6.82. The molecule has 2 amide bonds. The summed E-state index contributed by atoms with van der Waals surface area (Å²) >= 11 is 0. The molecule has 0 unspecified atom stereocenters. The Morgan fingerprint density at radius 2 is 1.78 bits per heavy atom. The first-order valence-corrected chi connectivity index (χ1v) is 12.4. The van der Waals surface area contributed by atoms with E-state index in [1.807, 2.05) is 0 Å². The lowest BCUT2D eigenvalue weighted by molar-refractivity contribution is -0.139. The number of nitrogens with one attached hydrogen (secondary N) is 2. The zero-order chi connectivity index (χ0) is 22.3. The lowest BCUT2D eigenvalue weighted by Crippen LogP contribution is -2.45. The molecule has 1 aromatic rings. The molecule has 1 aliphatic carbocycles. The van der Waals surface area contributed by atoms with E-state index >= 15 is 0 Å². The molecule has 174 valence electrons. The van der Waals surface area contributed by atoms with Crippen LogP contribution in [0.1, 0.15) is 68.5 Å². The Labute approximate surface area is 192 Å². The summed E-state index contributed by atoms with van der Waals surface area (Å²) < 4.78 is 0. The van der Waals surface area contributed by atoms with Gasteiger partial charge in [0.2, 0.25) is 0 Å². The molecule has 2 heterocycles. The van der Waals surface area contributed by atoms with Crippen LogP contribution in [-0.2, 0) is 16.0 Å². The van der Waals surface area contributed by atoms with Crippen molar-refractivity contribution in [2.75, 3.05) is 44.7 Å². The molecule has 0 spiro atoms. The molecule has 1 aromatic carbocycles. The molecule has 6 heteroatoms. The first-order valence-electron chi connectivity index (χ1n) is 12.4. The van der Waals surface area contributed by atoms with E-state index in [2.05, 4.69) is 51.8 Å². The number of carbonyl (C=O) groups excluding carboxylic acids is 2. The minimum absolute atomic E-state index is 0.107. The fraction of sp³-hybridized carbons (Fsp3) is 0.615. The van der Waals surface area contributed by atoms with Crippen LogP contribution in [0.5, 0.6) is 0 Å². The quantitative estimate of drug-likeness (QED) is 0.506. The average molecular weight is 439 g/mol.